The van der Waals surface area contributed by atoms with Crippen LogP contribution in [0.25, 0.3) is 0 Å². The molecule has 0 saturated carbocycles. The Morgan fingerprint density at radius 1 is 1.43 bits per heavy atom. The van der Waals surface area contributed by atoms with Crippen LogP contribution in [0.15, 0.2) is 29.2 Å². The number of nitrogens with one attached hydrogen (secondary N) is 1. The van der Waals surface area contributed by atoms with Gasteiger partial charge in [0.25, 0.3) is 0 Å². The molecule has 0 radical (unpaired) electrons. The highest BCUT2D eigenvalue weighted by Gasteiger charge is 2.30. The second kappa shape index (κ2) is 5.87. The lowest BCUT2D eigenvalue weighted by Gasteiger charge is -2.38. The molecule has 6 nitrogen and oxygen atoms in total. The number of aromatic nitrogens is 2. The fraction of sp³-hybridized carbons (Fsp3) is 0.429. The Kier molecular flexibility index (Phi) is 3.94. The smallest absolute Gasteiger partial charge is 0.321 e. The zero-order valence-corrected chi connectivity index (χ0v) is 13.0. The van der Waals surface area contributed by atoms with Crippen LogP contribution in [-0.4, -0.2) is 52.1 Å². The molecule has 3 heterocycles. The second-order valence-electron chi connectivity index (χ2n) is 5.28. The lowest BCUT2D eigenvalue weighted by Crippen LogP contribution is -2.50. The van der Waals surface area contributed by atoms with Crippen molar-refractivity contribution < 1.29 is 4.79 Å². The Morgan fingerprint density at radius 3 is 2.95 bits per heavy atom. The molecule has 7 heteroatoms. The molecule has 2 aromatic heterocycles. The van der Waals surface area contributed by atoms with Crippen LogP contribution < -0.4 is 5.32 Å². The van der Waals surface area contributed by atoms with Crippen molar-refractivity contribution in [3.8, 4) is 0 Å². The molecular weight excluding hydrogens is 286 g/mol. The van der Waals surface area contributed by atoms with Gasteiger partial charge in [-0.1, -0.05) is 0 Å². The number of nitrogens with zero attached hydrogens (tertiary/aromatic N) is 4. The van der Waals surface area contributed by atoms with E-state index in [0.29, 0.717) is 6.54 Å². The van der Waals surface area contributed by atoms with Gasteiger partial charge in [-0.05, 0) is 18.5 Å². The number of urea groups is 1. The molecule has 2 aromatic rings. The number of carbonyl (C=O) groups excluding carboxylic acids is 1. The molecule has 0 bridgehead atoms. The Hall–Kier alpha value is -1.86. The highest BCUT2D eigenvalue weighted by atomic mass is 32.1. The van der Waals surface area contributed by atoms with Gasteiger partial charge in [-0.25, -0.2) is 9.78 Å². The van der Waals surface area contributed by atoms with E-state index in [9.17, 15) is 4.79 Å². The molecule has 1 atom stereocenters. The van der Waals surface area contributed by atoms with Crippen molar-refractivity contribution in [3.63, 3.8) is 0 Å². The van der Waals surface area contributed by atoms with E-state index in [2.05, 4.69) is 22.2 Å². The van der Waals surface area contributed by atoms with E-state index < -0.39 is 0 Å². The Bertz CT molecular complexity index is 609. The number of rotatable bonds is 2. The van der Waals surface area contributed by atoms with E-state index in [4.69, 9.17) is 0 Å². The van der Waals surface area contributed by atoms with Gasteiger partial charge in [-0.3, -0.25) is 4.90 Å². The molecule has 2 amide bonds. The monoisotopic (exact) mass is 305 g/mol. The first kappa shape index (κ1) is 14.1. The summed E-state index contributed by atoms with van der Waals surface area (Å²) in [4.78, 5) is 20.9. The number of hydrogen-bond acceptors (Lipinski definition) is 4. The predicted octanol–water partition coefficient (Wildman–Crippen LogP) is 2.00. The van der Waals surface area contributed by atoms with Gasteiger partial charge in [0.05, 0.1) is 11.7 Å². The van der Waals surface area contributed by atoms with E-state index in [1.807, 2.05) is 39.5 Å². The minimum absolute atomic E-state index is 0.0410. The van der Waals surface area contributed by atoms with Crippen LogP contribution in [0.1, 0.15) is 11.9 Å². The number of anilines is 1. The molecule has 0 aromatic carbocycles. The van der Waals surface area contributed by atoms with Gasteiger partial charge in [-0.15, -0.1) is 0 Å². The Labute approximate surface area is 128 Å². The van der Waals surface area contributed by atoms with Gasteiger partial charge >= 0.3 is 6.03 Å². The van der Waals surface area contributed by atoms with Gasteiger partial charge in [-0.2, -0.15) is 11.3 Å². The van der Waals surface area contributed by atoms with E-state index >= 15 is 0 Å². The lowest BCUT2D eigenvalue weighted by atomic mass is 10.1. The maximum atomic E-state index is 12.3. The van der Waals surface area contributed by atoms with Gasteiger partial charge in [0.1, 0.15) is 5.82 Å². The zero-order valence-electron chi connectivity index (χ0n) is 12.2. The molecule has 112 valence electrons. The highest BCUT2D eigenvalue weighted by Crippen LogP contribution is 2.23. The van der Waals surface area contributed by atoms with Crippen molar-refractivity contribution in [2.24, 2.45) is 7.05 Å². The van der Waals surface area contributed by atoms with Crippen LogP contribution in [-0.2, 0) is 7.05 Å². The molecule has 0 unspecified atom stereocenters. The van der Waals surface area contributed by atoms with E-state index in [-0.39, 0.29) is 12.1 Å². The van der Waals surface area contributed by atoms with Crippen molar-refractivity contribution >= 4 is 23.1 Å². The number of hydrogen-bond donors (Lipinski definition) is 1. The van der Waals surface area contributed by atoms with Crippen LogP contribution in [0.5, 0.6) is 0 Å². The third kappa shape index (κ3) is 2.93. The number of amides is 2. The van der Waals surface area contributed by atoms with Crippen molar-refractivity contribution in [1.29, 1.82) is 0 Å². The first-order valence-corrected chi connectivity index (χ1v) is 7.85. The fourth-order valence-corrected chi connectivity index (χ4v) is 3.16. The normalized spacial score (nSPS) is 19.7. The van der Waals surface area contributed by atoms with E-state index in [0.717, 1.165) is 24.6 Å². The molecule has 1 aliphatic heterocycles. The fourth-order valence-electron chi connectivity index (χ4n) is 2.57. The first-order chi connectivity index (χ1) is 10.1. The summed E-state index contributed by atoms with van der Waals surface area (Å²) in [5.74, 6) is 0.991. The number of piperazine rings is 1. The minimum Gasteiger partial charge on any atom is -0.337 e. The van der Waals surface area contributed by atoms with Gasteiger partial charge in [0.15, 0.2) is 0 Å². The molecule has 3 rings (SSSR count). The molecule has 1 aliphatic rings. The molecule has 0 spiro atoms. The third-order valence-electron chi connectivity index (χ3n) is 3.86. The van der Waals surface area contributed by atoms with Crippen molar-refractivity contribution in [3.05, 3.63) is 35.0 Å². The van der Waals surface area contributed by atoms with Crippen LogP contribution in [0.2, 0.25) is 0 Å². The summed E-state index contributed by atoms with van der Waals surface area (Å²) in [5, 5.41) is 6.83. The molecular formula is C14H19N5OS. The molecule has 0 aliphatic carbocycles. The quantitative estimate of drug-likeness (QED) is 0.923. The largest absolute Gasteiger partial charge is 0.337 e. The third-order valence-corrected chi connectivity index (χ3v) is 4.55. The summed E-state index contributed by atoms with van der Waals surface area (Å²) in [6, 6.07) is 2.00. The summed E-state index contributed by atoms with van der Waals surface area (Å²) < 4.78 is 2.02. The van der Waals surface area contributed by atoms with Gasteiger partial charge in [0.2, 0.25) is 0 Å². The highest BCUT2D eigenvalue weighted by molar-refractivity contribution is 7.08. The predicted molar refractivity (Wildman–Crippen MR) is 83.5 cm³/mol. The van der Waals surface area contributed by atoms with Crippen molar-refractivity contribution in [1.82, 2.24) is 19.4 Å². The number of aryl methyl sites for hydroxylation is 1. The maximum Gasteiger partial charge on any atom is 0.321 e. The summed E-state index contributed by atoms with van der Waals surface area (Å²) in [6.45, 7) is 2.22. The Balaban J connectivity index is 1.70. The summed E-state index contributed by atoms with van der Waals surface area (Å²) in [5.41, 5.74) is 0.859. The minimum atomic E-state index is -0.0410. The maximum absolute atomic E-state index is 12.3. The zero-order chi connectivity index (χ0) is 14.8. The first-order valence-electron chi connectivity index (χ1n) is 6.90. The number of thiophene rings is 1. The average Bonchev–Trinajstić information content (AvgIpc) is 3.11. The number of imidazole rings is 1. The average molecular weight is 305 g/mol. The van der Waals surface area contributed by atoms with Crippen molar-refractivity contribution in [2.45, 2.75) is 6.04 Å². The molecule has 1 saturated heterocycles. The van der Waals surface area contributed by atoms with Crippen LogP contribution in [0.4, 0.5) is 10.5 Å². The molecule has 1 fully saturated rings. The number of likely N-dealkylation sites (N-methyl/N-ethyl adjacent to an activating group) is 1. The second-order valence-corrected chi connectivity index (χ2v) is 6.06. The number of carbonyl (C=O) groups is 1. The lowest BCUT2D eigenvalue weighted by molar-refractivity contribution is 0.110. The van der Waals surface area contributed by atoms with Crippen LogP contribution in [0.3, 0.4) is 0 Å². The van der Waals surface area contributed by atoms with E-state index in [1.165, 1.54) is 0 Å². The van der Waals surface area contributed by atoms with Crippen LogP contribution >= 0.6 is 11.3 Å². The SMILES string of the molecule is CN1CCN(C(=O)Nc2ccsc2)C[C@H]1c1nccn1C. The summed E-state index contributed by atoms with van der Waals surface area (Å²) >= 11 is 1.57. The Morgan fingerprint density at radius 2 is 2.29 bits per heavy atom. The van der Waals surface area contributed by atoms with Crippen LogP contribution in [0, 0.1) is 0 Å². The standard InChI is InChI=1S/C14H19N5OS/c1-17-6-7-19(14(20)16-11-3-8-21-10-11)9-12(17)13-15-4-5-18(13)2/h3-5,8,10,12H,6-7,9H2,1-2H3,(H,16,20)/t12-/m0/s1. The topological polar surface area (TPSA) is 53.4 Å². The van der Waals surface area contributed by atoms with Gasteiger partial charge < -0.3 is 14.8 Å². The summed E-state index contributed by atoms with van der Waals surface area (Å²) in [6.07, 6.45) is 3.74. The molecule has 1 N–H and O–H groups in total. The molecule has 21 heavy (non-hydrogen) atoms. The van der Waals surface area contributed by atoms with Gasteiger partial charge in [0, 0.05) is 44.5 Å². The van der Waals surface area contributed by atoms with E-state index in [1.54, 1.807) is 17.5 Å². The summed E-state index contributed by atoms with van der Waals surface area (Å²) in [7, 11) is 4.06. The van der Waals surface area contributed by atoms with Crippen molar-refractivity contribution in [2.75, 3.05) is 32.0 Å².